The van der Waals surface area contributed by atoms with Gasteiger partial charge in [-0.3, -0.25) is 0 Å². The summed E-state index contributed by atoms with van der Waals surface area (Å²) >= 11 is 0. The Bertz CT molecular complexity index is 1110. The molecule has 15 heteroatoms. The Labute approximate surface area is 185 Å². The number of alkyl halides is 3. The lowest BCUT2D eigenvalue weighted by atomic mass is 10.0. The number of rotatable bonds is 8. The van der Waals surface area contributed by atoms with Crippen molar-refractivity contribution in [1.29, 1.82) is 0 Å². The fraction of sp³-hybridized carbons (Fsp3) is 0.333. The molecule has 1 aliphatic heterocycles. The normalized spacial score (nSPS) is 15.6. The van der Waals surface area contributed by atoms with Crippen LogP contribution >= 0.6 is 0 Å². The second-order valence-corrected chi connectivity index (χ2v) is 7.38. The fourth-order valence-corrected chi connectivity index (χ4v) is 3.09. The van der Waals surface area contributed by atoms with Gasteiger partial charge in [0.05, 0.1) is 35.5 Å². The first-order chi connectivity index (χ1) is 15.4. The minimum atomic E-state index is -6.26. The summed E-state index contributed by atoms with van der Waals surface area (Å²) in [6.45, 7) is 0. The molecule has 182 valence electrons. The number of ether oxygens (including phenoxy) is 6. The van der Waals surface area contributed by atoms with Crippen LogP contribution in [0.3, 0.4) is 0 Å². The Kier molecular flexibility index (Phi) is 7.36. The smallest absolute Gasteiger partial charge is 0.493 e. The number of hydrogen-bond donors (Lipinski definition) is 0. The molecule has 1 aromatic carbocycles. The van der Waals surface area contributed by atoms with Crippen LogP contribution in [0.25, 0.3) is 5.57 Å². The molecule has 0 saturated heterocycles. The zero-order chi connectivity index (χ0) is 25.1. The standard InChI is InChI=1S/C18H17F3O11S/c1-26-9-6-8(7-10(27-2)12(9)28-3)11(16(22)30-5)13-14(29-4)15(17(23)31-13)32-33(24,25)18(19,20)21/h6-7H,1-5H3/b13-11+. The van der Waals surface area contributed by atoms with Crippen LogP contribution in [-0.2, 0) is 38.1 Å². The first-order valence-electron chi connectivity index (χ1n) is 8.51. The molecular formula is C18H17F3O11S. The predicted molar refractivity (Wildman–Crippen MR) is 101 cm³/mol. The maximum Gasteiger partial charge on any atom is 0.534 e. The highest BCUT2D eigenvalue weighted by Gasteiger charge is 2.52. The van der Waals surface area contributed by atoms with Gasteiger partial charge in [0.25, 0.3) is 5.76 Å². The highest BCUT2D eigenvalue weighted by molar-refractivity contribution is 7.87. The number of hydrogen-bond acceptors (Lipinski definition) is 11. The Morgan fingerprint density at radius 1 is 0.909 bits per heavy atom. The summed E-state index contributed by atoms with van der Waals surface area (Å²) in [7, 11) is -0.547. The molecule has 0 N–H and O–H groups in total. The molecule has 0 bridgehead atoms. The van der Waals surface area contributed by atoms with Crippen LogP contribution < -0.4 is 14.2 Å². The Morgan fingerprint density at radius 3 is 1.85 bits per heavy atom. The van der Waals surface area contributed by atoms with E-state index in [0.29, 0.717) is 0 Å². The van der Waals surface area contributed by atoms with Crippen molar-refractivity contribution < 1.29 is 63.8 Å². The first-order valence-corrected chi connectivity index (χ1v) is 9.92. The summed E-state index contributed by atoms with van der Waals surface area (Å²) in [6.07, 6.45) is 0. The third kappa shape index (κ3) is 4.76. The van der Waals surface area contributed by atoms with Gasteiger partial charge < -0.3 is 32.6 Å². The third-order valence-corrected chi connectivity index (χ3v) is 5.00. The molecule has 0 atom stereocenters. The van der Waals surface area contributed by atoms with Crippen molar-refractivity contribution in [3.63, 3.8) is 0 Å². The van der Waals surface area contributed by atoms with Gasteiger partial charge in [0, 0.05) is 5.56 Å². The average Bonchev–Trinajstić information content (AvgIpc) is 3.06. The molecule has 11 nitrogen and oxygen atoms in total. The van der Waals surface area contributed by atoms with Crippen molar-refractivity contribution in [3.8, 4) is 17.2 Å². The summed E-state index contributed by atoms with van der Waals surface area (Å²) in [6, 6.07) is 2.49. The largest absolute Gasteiger partial charge is 0.534 e. The molecule has 0 saturated carbocycles. The van der Waals surface area contributed by atoms with Gasteiger partial charge >= 0.3 is 27.6 Å². The summed E-state index contributed by atoms with van der Waals surface area (Å²) < 4.78 is 94.8. The van der Waals surface area contributed by atoms with E-state index in [1.807, 2.05) is 0 Å². The number of benzene rings is 1. The lowest BCUT2D eigenvalue weighted by molar-refractivity contribution is -0.135. The van der Waals surface area contributed by atoms with E-state index in [-0.39, 0.29) is 22.8 Å². The highest BCUT2D eigenvalue weighted by atomic mass is 32.2. The van der Waals surface area contributed by atoms with Crippen molar-refractivity contribution in [2.45, 2.75) is 5.51 Å². The van der Waals surface area contributed by atoms with E-state index < -0.39 is 50.4 Å². The SMILES string of the molecule is COC(=O)/C(=C1/OC(=O)C(OS(=O)(=O)C(F)(F)F)=C1OC)c1cc(OC)c(OC)c(OC)c1. The van der Waals surface area contributed by atoms with Gasteiger partial charge in [-0.1, -0.05) is 0 Å². The van der Waals surface area contributed by atoms with Gasteiger partial charge in [0.15, 0.2) is 17.3 Å². The zero-order valence-electron chi connectivity index (χ0n) is 17.7. The highest BCUT2D eigenvalue weighted by Crippen LogP contribution is 2.43. The van der Waals surface area contributed by atoms with Crippen LogP contribution in [0.2, 0.25) is 0 Å². The second-order valence-electron chi connectivity index (χ2n) is 5.84. The second kappa shape index (κ2) is 9.48. The first kappa shape index (κ1) is 25.6. The monoisotopic (exact) mass is 498 g/mol. The maximum atomic E-state index is 12.7. The number of halogens is 3. The van der Waals surface area contributed by atoms with Crippen molar-refractivity contribution >= 4 is 27.6 Å². The van der Waals surface area contributed by atoms with Crippen LogP contribution in [0.4, 0.5) is 13.2 Å². The molecule has 0 amide bonds. The van der Waals surface area contributed by atoms with E-state index in [0.717, 1.165) is 14.2 Å². The van der Waals surface area contributed by atoms with E-state index >= 15 is 0 Å². The van der Waals surface area contributed by atoms with Crippen molar-refractivity contribution in [1.82, 2.24) is 0 Å². The molecule has 0 fully saturated rings. The van der Waals surface area contributed by atoms with Gasteiger partial charge in [0.1, 0.15) is 5.57 Å². The van der Waals surface area contributed by atoms with E-state index in [1.54, 1.807) is 0 Å². The summed E-state index contributed by atoms with van der Waals surface area (Å²) in [5, 5.41) is 0. The number of carbonyl (C=O) groups is 2. The summed E-state index contributed by atoms with van der Waals surface area (Å²) in [5.41, 5.74) is -6.48. The van der Waals surface area contributed by atoms with Crippen LogP contribution in [0.1, 0.15) is 5.56 Å². The van der Waals surface area contributed by atoms with Gasteiger partial charge in [-0.15, -0.1) is 0 Å². The fourth-order valence-electron chi connectivity index (χ4n) is 2.63. The van der Waals surface area contributed by atoms with Gasteiger partial charge in [-0.25, -0.2) is 9.59 Å². The average molecular weight is 498 g/mol. The van der Waals surface area contributed by atoms with E-state index in [9.17, 15) is 31.2 Å². The summed E-state index contributed by atoms with van der Waals surface area (Å²) in [4.78, 5) is 24.8. The van der Waals surface area contributed by atoms with Gasteiger partial charge in [-0.05, 0) is 12.1 Å². The molecule has 1 aliphatic rings. The Hall–Kier alpha value is -3.62. The molecular weight excluding hydrogens is 481 g/mol. The molecule has 0 spiro atoms. The topological polar surface area (TPSA) is 133 Å². The number of cyclic esters (lactones) is 1. The minimum Gasteiger partial charge on any atom is -0.493 e. The molecule has 2 rings (SSSR count). The van der Waals surface area contributed by atoms with Crippen LogP contribution in [-0.4, -0.2) is 61.4 Å². The van der Waals surface area contributed by atoms with Gasteiger partial charge in [0.2, 0.25) is 11.5 Å². The Balaban J connectivity index is 2.85. The van der Waals surface area contributed by atoms with E-state index in [1.165, 1.54) is 33.5 Å². The number of carbonyl (C=O) groups excluding carboxylic acids is 2. The zero-order valence-corrected chi connectivity index (χ0v) is 18.5. The predicted octanol–water partition coefficient (Wildman–Crippen LogP) is 1.88. The number of esters is 2. The van der Waals surface area contributed by atoms with Crippen molar-refractivity contribution in [2.75, 3.05) is 35.5 Å². The van der Waals surface area contributed by atoms with Crippen LogP contribution in [0, 0.1) is 0 Å². The molecule has 0 radical (unpaired) electrons. The van der Waals surface area contributed by atoms with Gasteiger partial charge in [-0.2, -0.15) is 21.6 Å². The minimum absolute atomic E-state index is 0.0530. The molecule has 0 unspecified atom stereocenters. The molecule has 0 aliphatic carbocycles. The van der Waals surface area contributed by atoms with Crippen LogP contribution in [0.15, 0.2) is 29.4 Å². The molecule has 1 heterocycles. The molecule has 0 aromatic heterocycles. The van der Waals surface area contributed by atoms with Crippen molar-refractivity contribution in [2.24, 2.45) is 0 Å². The van der Waals surface area contributed by atoms with Crippen LogP contribution in [0.5, 0.6) is 17.2 Å². The number of methoxy groups -OCH3 is 5. The quantitative estimate of drug-likeness (QED) is 0.225. The lowest BCUT2D eigenvalue weighted by Gasteiger charge is -2.16. The van der Waals surface area contributed by atoms with E-state index in [2.05, 4.69) is 8.92 Å². The molecule has 1 aromatic rings. The Morgan fingerprint density at radius 2 is 1.45 bits per heavy atom. The third-order valence-electron chi connectivity index (χ3n) is 4.04. The maximum absolute atomic E-state index is 12.7. The summed E-state index contributed by atoms with van der Waals surface area (Å²) in [5.74, 6) is -5.68. The van der Waals surface area contributed by atoms with E-state index in [4.69, 9.17) is 23.7 Å². The van der Waals surface area contributed by atoms with Crippen molar-refractivity contribution in [3.05, 3.63) is 35.0 Å². The molecule has 33 heavy (non-hydrogen) atoms. The lowest BCUT2D eigenvalue weighted by Crippen LogP contribution is -2.26.